The quantitative estimate of drug-likeness (QED) is 0.805. The van der Waals surface area contributed by atoms with Gasteiger partial charge in [-0.1, -0.05) is 13.8 Å². The van der Waals surface area contributed by atoms with Gasteiger partial charge in [0.25, 0.3) is 0 Å². The molecule has 0 bridgehead atoms. The van der Waals surface area contributed by atoms with Crippen LogP contribution in [0.5, 0.6) is 0 Å². The van der Waals surface area contributed by atoms with Crippen LogP contribution in [0.1, 0.15) is 25.8 Å². The van der Waals surface area contributed by atoms with Gasteiger partial charge in [0.05, 0.1) is 0 Å². The highest BCUT2D eigenvalue weighted by atomic mass is 127. The Morgan fingerprint density at radius 1 is 1.41 bits per heavy atom. The van der Waals surface area contributed by atoms with Crippen molar-refractivity contribution in [3.63, 3.8) is 0 Å². The van der Waals surface area contributed by atoms with E-state index in [9.17, 15) is 4.79 Å². The Balaban J connectivity index is 2.45. The van der Waals surface area contributed by atoms with Crippen LogP contribution in [0.3, 0.4) is 0 Å². The van der Waals surface area contributed by atoms with E-state index in [4.69, 9.17) is 0 Å². The number of benzene rings is 1. The fourth-order valence-electron chi connectivity index (χ4n) is 1.45. The van der Waals surface area contributed by atoms with Gasteiger partial charge < -0.3 is 10.6 Å². The van der Waals surface area contributed by atoms with E-state index in [1.165, 1.54) is 3.57 Å². The number of carbonyl (C=O) groups excluding carboxylic acids is 1. The molecule has 0 unspecified atom stereocenters. The van der Waals surface area contributed by atoms with Gasteiger partial charge in [0.15, 0.2) is 0 Å². The number of nitrogens with one attached hydrogen (secondary N) is 2. The number of aryl methyl sites for hydroxylation is 1. The van der Waals surface area contributed by atoms with Crippen molar-refractivity contribution in [2.24, 2.45) is 0 Å². The summed E-state index contributed by atoms with van der Waals surface area (Å²) in [6, 6.07) is 6.42. The van der Waals surface area contributed by atoms with Crippen LogP contribution in [0, 0.1) is 10.5 Å². The second kappa shape index (κ2) is 6.96. The number of rotatable bonds is 5. The summed E-state index contributed by atoms with van der Waals surface area (Å²) in [7, 11) is 0. The smallest absolute Gasteiger partial charge is 0.225 e. The van der Waals surface area contributed by atoms with E-state index in [-0.39, 0.29) is 5.91 Å². The first-order valence-corrected chi connectivity index (χ1v) is 6.86. The average molecular weight is 346 g/mol. The van der Waals surface area contributed by atoms with Crippen molar-refractivity contribution in [2.45, 2.75) is 33.2 Å². The zero-order valence-corrected chi connectivity index (χ0v) is 12.7. The first kappa shape index (κ1) is 14.4. The van der Waals surface area contributed by atoms with E-state index in [1.54, 1.807) is 0 Å². The van der Waals surface area contributed by atoms with Crippen molar-refractivity contribution < 1.29 is 4.79 Å². The Hall–Kier alpha value is -0.620. The zero-order chi connectivity index (χ0) is 12.8. The van der Waals surface area contributed by atoms with Crippen LogP contribution in [0.25, 0.3) is 0 Å². The Morgan fingerprint density at radius 3 is 2.71 bits per heavy atom. The molecule has 1 aromatic rings. The molecule has 17 heavy (non-hydrogen) atoms. The van der Waals surface area contributed by atoms with Crippen molar-refractivity contribution in [3.8, 4) is 0 Å². The Labute approximate surface area is 117 Å². The lowest BCUT2D eigenvalue weighted by Gasteiger charge is -2.10. The van der Waals surface area contributed by atoms with Crippen molar-refractivity contribution in [1.29, 1.82) is 0 Å². The second-order valence-corrected chi connectivity index (χ2v) is 5.61. The molecule has 1 aromatic carbocycles. The largest absolute Gasteiger partial charge is 0.326 e. The maximum atomic E-state index is 11.7. The maximum Gasteiger partial charge on any atom is 0.225 e. The van der Waals surface area contributed by atoms with Crippen LogP contribution in [0.2, 0.25) is 0 Å². The van der Waals surface area contributed by atoms with Crippen LogP contribution < -0.4 is 10.6 Å². The van der Waals surface area contributed by atoms with Crippen molar-refractivity contribution in [2.75, 3.05) is 11.9 Å². The molecular weight excluding hydrogens is 327 g/mol. The molecule has 0 aromatic heterocycles. The first-order valence-electron chi connectivity index (χ1n) is 5.78. The lowest BCUT2D eigenvalue weighted by atomic mass is 10.2. The third-order valence-corrected chi connectivity index (χ3v) is 3.04. The molecule has 1 rings (SSSR count). The standard InChI is InChI=1S/C13H19IN2O/c1-9(2)15-7-6-13(17)16-12-5-4-11(14)8-10(12)3/h4-5,8-9,15H,6-7H2,1-3H3,(H,16,17). The summed E-state index contributed by atoms with van der Waals surface area (Å²) in [5.41, 5.74) is 2.00. The topological polar surface area (TPSA) is 41.1 Å². The highest BCUT2D eigenvalue weighted by molar-refractivity contribution is 14.1. The second-order valence-electron chi connectivity index (χ2n) is 4.37. The minimum atomic E-state index is 0.0578. The first-order chi connectivity index (χ1) is 7.99. The molecule has 3 nitrogen and oxygen atoms in total. The van der Waals surface area contributed by atoms with Crippen molar-refractivity contribution in [3.05, 3.63) is 27.3 Å². The van der Waals surface area contributed by atoms with Crippen LogP contribution in [-0.2, 0) is 4.79 Å². The summed E-state index contributed by atoms with van der Waals surface area (Å²) in [6.07, 6.45) is 0.504. The lowest BCUT2D eigenvalue weighted by Crippen LogP contribution is -2.27. The molecule has 1 amide bonds. The van der Waals surface area contributed by atoms with Crippen LogP contribution in [0.15, 0.2) is 18.2 Å². The van der Waals surface area contributed by atoms with Gasteiger partial charge in [-0.3, -0.25) is 4.79 Å². The number of carbonyl (C=O) groups is 1. The molecule has 4 heteroatoms. The number of halogens is 1. The average Bonchev–Trinajstić information content (AvgIpc) is 2.21. The van der Waals surface area contributed by atoms with Gasteiger partial charge in [0.1, 0.15) is 0 Å². The van der Waals surface area contributed by atoms with Gasteiger partial charge in [-0.2, -0.15) is 0 Å². The fraction of sp³-hybridized carbons (Fsp3) is 0.462. The molecule has 0 aliphatic carbocycles. The van der Waals surface area contributed by atoms with Gasteiger partial charge >= 0.3 is 0 Å². The highest BCUT2D eigenvalue weighted by Gasteiger charge is 2.05. The third kappa shape index (κ3) is 5.50. The summed E-state index contributed by atoms with van der Waals surface area (Å²) < 4.78 is 1.18. The fourth-order valence-corrected chi connectivity index (χ4v) is 2.10. The molecule has 0 heterocycles. The van der Waals surface area contributed by atoms with Gasteiger partial charge in [-0.25, -0.2) is 0 Å². The molecular formula is C13H19IN2O. The molecule has 0 fully saturated rings. The molecule has 0 atom stereocenters. The Kier molecular flexibility index (Phi) is 5.91. The normalized spacial score (nSPS) is 10.6. The highest BCUT2D eigenvalue weighted by Crippen LogP contribution is 2.17. The number of anilines is 1. The third-order valence-electron chi connectivity index (χ3n) is 2.37. The predicted octanol–water partition coefficient (Wildman–Crippen LogP) is 2.93. The van der Waals surface area contributed by atoms with E-state index in [2.05, 4.69) is 53.1 Å². The van der Waals surface area contributed by atoms with Gasteiger partial charge in [-0.05, 0) is 53.3 Å². The SMILES string of the molecule is Cc1cc(I)ccc1NC(=O)CCNC(C)C. The van der Waals surface area contributed by atoms with Gasteiger partial charge in [-0.15, -0.1) is 0 Å². The van der Waals surface area contributed by atoms with Gasteiger partial charge in [0, 0.05) is 28.3 Å². The molecule has 2 N–H and O–H groups in total. The van der Waals surface area contributed by atoms with Crippen LogP contribution in [0.4, 0.5) is 5.69 Å². The molecule has 0 spiro atoms. The summed E-state index contributed by atoms with van der Waals surface area (Å²) in [5.74, 6) is 0.0578. The van der Waals surface area contributed by atoms with E-state index >= 15 is 0 Å². The predicted molar refractivity (Wildman–Crippen MR) is 80.3 cm³/mol. The molecule has 0 radical (unpaired) electrons. The molecule has 94 valence electrons. The minimum Gasteiger partial charge on any atom is -0.326 e. The molecule has 0 saturated heterocycles. The van der Waals surface area contributed by atoms with E-state index in [0.29, 0.717) is 19.0 Å². The van der Waals surface area contributed by atoms with Crippen molar-refractivity contribution >= 4 is 34.2 Å². The zero-order valence-electron chi connectivity index (χ0n) is 10.5. The van der Waals surface area contributed by atoms with Crippen LogP contribution in [-0.4, -0.2) is 18.5 Å². The molecule has 0 aliphatic rings. The van der Waals surface area contributed by atoms with Gasteiger partial charge in [0.2, 0.25) is 5.91 Å². The van der Waals surface area contributed by atoms with E-state index in [0.717, 1.165) is 11.3 Å². The minimum absolute atomic E-state index is 0.0578. The monoisotopic (exact) mass is 346 g/mol. The van der Waals surface area contributed by atoms with E-state index in [1.807, 2.05) is 19.1 Å². The maximum absolute atomic E-state index is 11.7. The van der Waals surface area contributed by atoms with Crippen molar-refractivity contribution in [1.82, 2.24) is 5.32 Å². The number of hydrogen-bond acceptors (Lipinski definition) is 2. The summed E-state index contributed by atoms with van der Waals surface area (Å²) in [5, 5.41) is 6.15. The lowest BCUT2D eigenvalue weighted by molar-refractivity contribution is -0.116. The van der Waals surface area contributed by atoms with Crippen LogP contribution >= 0.6 is 22.6 Å². The molecule has 0 saturated carbocycles. The number of hydrogen-bond donors (Lipinski definition) is 2. The Bertz CT molecular complexity index is 391. The summed E-state index contributed by atoms with van der Waals surface area (Å²) in [4.78, 5) is 11.7. The molecule has 0 aliphatic heterocycles. The van der Waals surface area contributed by atoms with E-state index < -0.39 is 0 Å². The summed E-state index contributed by atoms with van der Waals surface area (Å²) in [6.45, 7) is 6.86. The summed E-state index contributed by atoms with van der Waals surface area (Å²) >= 11 is 2.26. The Morgan fingerprint density at radius 2 is 2.12 bits per heavy atom. The number of amides is 1.